The Labute approximate surface area is 200 Å². The molecule has 0 spiro atoms. The highest BCUT2D eigenvalue weighted by atomic mass is 79.9. The minimum absolute atomic E-state index is 0.139. The van der Waals surface area contributed by atoms with Crippen LogP contribution in [0.5, 0.6) is 11.6 Å². The number of nitrogens with zero attached hydrogens (tertiary/aromatic N) is 3. The van der Waals surface area contributed by atoms with Crippen LogP contribution in [0.1, 0.15) is 22.6 Å². The van der Waals surface area contributed by atoms with Gasteiger partial charge in [-0.1, -0.05) is 0 Å². The predicted molar refractivity (Wildman–Crippen MR) is 109 cm³/mol. The number of fused-ring (bicyclic) bond motifs is 6. The molecule has 0 atom stereocenters. The molecule has 0 radical (unpaired) electrons. The summed E-state index contributed by atoms with van der Waals surface area (Å²) in [5.74, 6) is -3.18. The van der Waals surface area contributed by atoms with Crippen LogP contribution in [0, 0.1) is 0 Å². The minimum atomic E-state index is -5.27. The number of nitrogens with one attached hydrogen (secondary N) is 1. The van der Waals surface area contributed by atoms with Crippen molar-refractivity contribution in [1.82, 2.24) is 14.8 Å². The van der Waals surface area contributed by atoms with Crippen LogP contribution in [0.3, 0.4) is 0 Å². The number of hydrogen-bond donors (Lipinski definition) is 2. The lowest BCUT2D eigenvalue weighted by Gasteiger charge is -2.16. The summed E-state index contributed by atoms with van der Waals surface area (Å²) in [5.41, 5.74) is -1.76. The fourth-order valence-electron chi connectivity index (χ4n) is 3.05. The van der Waals surface area contributed by atoms with Gasteiger partial charge in [0, 0.05) is 23.5 Å². The predicted octanol–water partition coefficient (Wildman–Crippen LogP) is 4.18. The monoisotopic (exact) mass is 584 g/mol. The third kappa shape index (κ3) is 5.00. The Morgan fingerprint density at radius 2 is 1.94 bits per heavy atom. The molecular weight excluding hydrogens is 575 g/mol. The van der Waals surface area contributed by atoms with Gasteiger partial charge in [0.05, 0.1) is 10.0 Å². The molecule has 186 valence electrons. The van der Waals surface area contributed by atoms with Gasteiger partial charge in [-0.2, -0.15) is 13.9 Å². The fraction of sp³-hybridized carbons (Fsp3) is 0.167. The van der Waals surface area contributed by atoms with Gasteiger partial charge in [0.25, 0.3) is 10.0 Å². The van der Waals surface area contributed by atoms with Gasteiger partial charge in [-0.05, 0) is 34.1 Å². The number of cyclic esters (lactones) is 1. The lowest BCUT2D eigenvalue weighted by atomic mass is 10.1. The first-order chi connectivity index (χ1) is 16.2. The molecule has 2 N–H and O–H groups in total. The molecule has 0 fully saturated rings. The quantitative estimate of drug-likeness (QED) is 0.338. The Morgan fingerprint density at radius 3 is 2.60 bits per heavy atom. The number of hydrogen-bond acceptors (Lipinski definition) is 8. The third-order valence-electron chi connectivity index (χ3n) is 4.52. The van der Waals surface area contributed by atoms with Crippen molar-refractivity contribution in [3.05, 3.63) is 46.3 Å². The smallest absolute Gasteiger partial charge is 0.505 e. The van der Waals surface area contributed by atoms with Gasteiger partial charge in [-0.25, -0.2) is 22.9 Å². The van der Waals surface area contributed by atoms with Crippen molar-refractivity contribution in [2.24, 2.45) is 0 Å². The van der Waals surface area contributed by atoms with E-state index in [9.17, 15) is 40.3 Å². The van der Waals surface area contributed by atoms with E-state index in [-0.39, 0.29) is 31.5 Å². The number of rotatable bonds is 2. The summed E-state index contributed by atoms with van der Waals surface area (Å²) in [4.78, 5) is 15.1. The number of sulfonamides is 1. The van der Waals surface area contributed by atoms with Crippen LogP contribution in [-0.2, 0) is 21.4 Å². The van der Waals surface area contributed by atoms with E-state index in [2.05, 4.69) is 30.7 Å². The molecule has 3 aromatic rings. The fourth-order valence-corrected chi connectivity index (χ4v) is 4.84. The highest BCUT2D eigenvalue weighted by Crippen LogP contribution is 2.38. The Balaban J connectivity index is 1.98. The molecule has 2 aromatic heterocycles. The molecule has 10 nitrogen and oxygen atoms in total. The molecule has 1 aliphatic heterocycles. The molecule has 1 aromatic carbocycles. The zero-order valence-corrected chi connectivity index (χ0v) is 19.1. The van der Waals surface area contributed by atoms with E-state index < -0.39 is 57.7 Å². The number of alkyl halides is 5. The Bertz CT molecular complexity index is 1440. The Morgan fingerprint density at radius 1 is 1.23 bits per heavy atom. The molecule has 4 rings (SSSR count). The normalized spacial score (nSPS) is 15.2. The van der Waals surface area contributed by atoms with Crippen LogP contribution in [0.2, 0.25) is 0 Å². The number of carbonyl (C=O) groups excluding carboxylic acids is 1. The molecule has 0 saturated carbocycles. The van der Waals surface area contributed by atoms with E-state index in [1.54, 1.807) is 0 Å². The number of benzene rings is 1. The Kier molecular flexibility index (Phi) is 6.08. The maximum atomic E-state index is 13.2. The molecule has 0 amide bonds. The average Bonchev–Trinajstić information content (AvgIpc) is 3.18. The van der Waals surface area contributed by atoms with Gasteiger partial charge in [0.15, 0.2) is 0 Å². The molecule has 0 aliphatic carbocycles. The lowest BCUT2D eigenvalue weighted by Crippen LogP contribution is -2.21. The SMILES string of the molecule is O=C1OCc2nn(C(F)F)cc2-c2cnc(OC(F)(F)F)c(c2)NS(=O)(=O)c2cc1cc(Br)c2O. The van der Waals surface area contributed by atoms with Crippen molar-refractivity contribution >= 4 is 37.6 Å². The summed E-state index contributed by atoms with van der Waals surface area (Å²) in [6.45, 7) is -3.79. The number of aromatic hydroxyl groups is 1. The highest BCUT2D eigenvalue weighted by molar-refractivity contribution is 9.10. The number of aromatic nitrogens is 3. The van der Waals surface area contributed by atoms with Crippen LogP contribution in [-0.4, -0.2) is 40.6 Å². The van der Waals surface area contributed by atoms with Crippen LogP contribution in [0.25, 0.3) is 11.1 Å². The maximum absolute atomic E-state index is 13.2. The number of phenolic OH excluding ortho intramolecular Hbond substituents is 1. The minimum Gasteiger partial charge on any atom is -0.505 e. The summed E-state index contributed by atoms with van der Waals surface area (Å²) < 4.78 is 102. The topological polar surface area (TPSA) is 133 Å². The van der Waals surface area contributed by atoms with Crippen molar-refractivity contribution in [2.45, 2.75) is 24.4 Å². The third-order valence-corrected chi connectivity index (χ3v) is 6.50. The molecule has 35 heavy (non-hydrogen) atoms. The number of ether oxygens (including phenoxy) is 2. The summed E-state index contributed by atoms with van der Waals surface area (Å²) in [7, 11) is -4.86. The van der Waals surface area contributed by atoms with Crippen LogP contribution < -0.4 is 9.46 Å². The molecular formula is C18H10BrF5N4O6S. The first kappa shape index (κ1) is 24.6. The molecule has 1 aliphatic rings. The number of carbonyl (C=O) groups is 1. The summed E-state index contributed by atoms with van der Waals surface area (Å²) in [6.07, 6.45) is -3.66. The molecule has 0 saturated heterocycles. The number of phenols is 1. The molecule has 3 heterocycles. The van der Waals surface area contributed by atoms with E-state index in [0.717, 1.165) is 24.5 Å². The molecule has 0 unspecified atom stereocenters. The van der Waals surface area contributed by atoms with E-state index in [1.807, 2.05) is 4.72 Å². The van der Waals surface area contributed by atoms with Crippen LogP contribution in [0.4, 0.5) is 27.6 Å². The number of anilines is 1. The van der Waals surface area contributed by atoms with Crippen molar-refractivity contribution in [3.8, 4) is 22.8 Å². The van der Waals surface area contributed by atoms with E-state index >= 15 is 0 Å². The van der Waals surface area contributed by atoms with Gasteiger partial charge in [-0.15, -0.1) is 13.2 Å². The maximum Gasteiger partial charge on any atom is 0.574 e. The largest absolute Gasteiger partial charge is 0.574 e. The second kappa shape index (κ2) is 8.63. The van der Waals surface area contributed by atoms with E-state index in [0.29, 0.717) is 6.07 Å². The zero-order chi connectivity index (χ0) is 25.7. The summed E-state index contributed by atoms with van der Waals surface area (Å²) in [5, 5.41) is 13.9. The van der Waals surface area contributed by atoms with Gasteiger partial charge in [0.1, 0.15) is 28.6 Å². The van der Waals surface area contributed by atoms with Crippen molar-refractivity contribution < 1.29 is 49.7 Å². The van der Waals surface area contributed by atoms with Crippen LogP contribution >= 0.6 is 15.9 Å². The average molecular weight is 585 g/mol. The highest BCUT2D eigenvalue weighted by Gasteiger charge is 2.35. The van der Waals surface area contributed by atoms with Gasteiger partial charge < -0.3 is 14.6 Å². The van der Waals surface area contributed by atoms with Crippen molar-refractivity contribution in [1.29, 1.82) is 0 Å². The zero-order valence-electron chi connectivity index (χ0n) is 16.7. The van der Waals surface area contributed by atoms with Crippen molar-refractivity contribution in [3.63, 3.8) is 0 Å². The second-order valence-electron chi connectivity index (χ2n) is 6.86. The van der Waals surface area contributed by atoms with Crippen LogP contribution in [0.15, 0.2) is 40.0 Å². The summed E-state index contributed by atoms with van der Waals surface area (Å²) in [6, 6.07) is 2.56. The van der Waals surface area contributed by atoms with Gasteiger partial charge in [0.2, 0.25) is 5.88 Å². The first-order valence-corrected chi connectivity index (χ1v) is 11.4. The van der Waals surface area contributed by atoms with Gasteiger partial charge >= 0.3 is 18.9 Å². The van der Waals surface area contributed by atoms with E-state index in [1.165, 1.54) is 0 Å². The Hall–Kier alpha value is -3.47. The van der Waals surface area contributed by atoms with Crippen molar-refractivity contribution in [2.75, 3.05) is 4.72 Å². The number of pyridine rings is 1. The molecule has 4 bridgehead atoms. The van der Waals surface area contributed by atoms with Gasteiger partial charge in [-0.3, -0.25) is 4.72 Å². The number of halogens is 6. The molecule has 17 heteroatoms. The number of esters is 1. The summed E-state index contributed by atoms with van der Waals surface area (Å²) >= 11 is 2.89. The van der Waals surface area contributed by atoms with E-state index in [4.69, 9.17) is 4.74 Å². The second-order valence-corrected chi connectivity index (χ2v) is 9.36. The standard InChI is InChI=1S/C18H10BrF5N4O6S/c19-10-1-7-3-13(14(10)29)35(31,32)27-11-2-8(4-25-15(11)34-18(22,23)24)9-5-28(17(20)21)26-12(9)6-33-16(7)30/h1-5,17,27,29H,6H2. The first-order valence-electron chi connectivity index (χ1n) is 9.10. The lowest BCUT2D eigenvalue weighted by molar-refractivity contribution is -0.275.